The van der Waals surface area contributed by atoms with Crippen molar-refractivity contribution in [3.05, 3.63) is 36.3 Å². The molecule has 2 rings (SSSR count). The molecule has 64 valence electrons. The van der Waals surface area contributed by atoms with Gasteiger partial charge < -0.3 is 0 Å². The highest BCUT2D eigenvalue weighted by molar-refractivity contribution is 6.68. The number of fused-ring (bicyclic) bond motifs is 1. The van der Waals surface area contributed by atoms with Crippen molar-refractivity contribution in [2.45, 2.75) is 0 Å². The molecule has 0 amide bonds. The average Bonchev–Trinajstić information content (AvgIpc) is 2.17. The Balaban J connectivity index is 2.83. The van der Waals surface area contributed by atoms with Crippen LogP contribution in [0.5, 0.6) is 0 Å². The second kappa shape index (κ2) is 3.11. The Hall–Kier alpha value is -1.48. The molecule has 3 nitrogen and oxygen atoms in total. The van der Waals surface area contributed by atoms with Crippen molar-refractivity contribution in [1.29, 1.82) is 0 Å². The number of nitrogens with zero attached hydrogens (tertiary/aromatic N) is 2. The molecule has 0 spiro atoms. The van der Waals surface area contributed by atoms with Crippen molar-refractivity contribution in [2.24, 2.45) is 0 Å². The lowest BCUT2D eigenvalue weighted by atomic mass is 10.2. The van der Waals surface area contributed by atoms with Gasteiger partial charge in [0.1, 0.15) is 5.69 Å². The van der Waals surface area contributed by atoms with Crippen molar-refractivity contribution in [3.63, 3.8) is 0 Å². The highest BCUT2D eigenvalue weighted by Gasteiger charge is 2.07. The molecule has 0 fully saturated rings. The average molecular weight is 193 g/mol. The van der Waals surface area contributed by atoms with Crippen LogP contribution in [0.3, 0.4) is 0 Å². The lowest BCUT2D eigenvalue weighted by molar-refractivity contribution is 0.107. The number of carbonyl (C=O) groups excluding carboxylic acids is 1. The highest BCUT2D eigenvalue weighted by Crippen LogP contribution is 2.15. The summed E-state index contributed by atoms with van der Waals surface area (Å²) < 4.78 is 0. The Bertz CT molecular complexity index is 465. The number of hydrogen-bond acceptors (Lipinski definition) is 3. The van der Waals surface area contributed by atoms with Gasteiger partial charge in [0.15, 0.2) is 0 Å². The second-order valence-electron chi connectivity index (χ2n) is 2.50. The van der Waals surface area contributed by atoms with E-state index in [0.717, 1.165) is 5.52 Å². The molecular formula is C9H5ClN2O. The summed E-state index contributed by atoms with van der Waals surface area (Å²) in [5, 5.41) is 0.128. The third-order valence-electron chi connectivity index (χ3n) is 1.72. The van der Waals surface area contributed by atoms with Gasteiger partial charge >= 0.3 is 0 Å². The molecule has 0 aliphatic carbocycles. The molecule has 2 aromatic rings. The second-order valence-corrected chi connectivity index (χ2v) is 2.85. The van der Waals surface area contributed by atoms with E-state index in [0.29, 0.717) is 5.39 Å². The Morgan fingerprint density at radius 1 is 1.23 bits per heavy atom. The summed E-state index contributed by atoms with van der Waals surface area (Å²) in [6.07, 6.45) is 3.18. The van der Waals surface area contributed by atoms with Gasteiger partial charge in [0, 0.05) is 17.8 Å². The minimum Gasteiger partial charge on any atom is -0.274 e. The summed E-state index contributed by atoms with van der Waals surface area (Å²) >= 11 is 5.35. The normalized spacial score (nSPS) is 10.2. The van der Waals surface area contributed by atoms with Gasteiger partial charge in [-0.15, -0.1) is 0 Å². The Morgan fingerprint density at radius 3 is 2.85 bits per heavy atom. The molecule has 13 heavy (non-hydrogen) atoms. The zero-order chi connectivity index (χ0) is 9.26. The molecule has 0 aromatic carbocycles. The van der Waals surface area contributed by atoms with E-state index in [9.17, 15) is 4.79 Å². The molecule has 0 N–H and O–H groups in total. The summed E-state index contributed by atoms with van der Waals surface area (Å²) in [5.74, 6) is 0. The first-order chi connectivity index (χ1) is 6.29. The van der Waals surface area contributed by atoms with Crippen LogP contribution in [0.15, 0.2) is 30.6 Å². The molecular weight excluding hydrogens is 188 g/mol. The fourth-order valence-corrected chi connectivity index (χ4v) is 1.31. The van der Waals surface area contributed by atoms with Crippen molar-refractivity contribution in [2.75, 3.05) is 0 Å². The third-order valence-corrected chi connectivity index (χ3v) is 1.89. The van der Waals surface area contributed by atoms with Crippen molar-refractivity contribution in [3.8, 4) is 0 Å². The zero-order valence-corrected chi connectivity index (χ0v) is 7.32. The summed E-state index contributed by atoms with van der Waals surface area (Å²) in [5.41, 5.74) is 0.980. The van der Waals surface area contributed by atoms with Crippen LogP contribution in [0.4, 0.5) is 0 Å². The van der Waals surface area contributed by atoms with Gasteiger partial charge in [-0.3, -0.25) is 14.8 Å². The number of carbonyl (C=O) groups is 1. The minimum atomic E-state index is -0.557. The molecule has 2 heterocycles. The van der Waals surface area contributed by atoms with E-state index in [2.05, 4.69) is 9.97 Å². The van der Waals surface area contributed by atoms with Crippen LogP contribution >= 0.6 is 11.6 Å². The smallest absolute Gasteiger partial charge is 0.271 e. The fourth-order valence-electron chi connectivity index (χ4n) is 1.16. The Kier molecular flexibility index (Phi) is 1.94. The maximum absolute atomic E-state index is 10.9. The first-order valence-electron chi connectivity index (χ1n) is 3.68. The monoisotopic (exact) mass is 192 g/mol. The summed E-state index contributed by atoms with van der Waals surface area (Å²) in [4.78, 5) is 18.9. The number of rotatable bonds is 1. The summed E-state index contributed by atoms with van der Waals surface area (Å²) in [6.45, 7) is 0. The molecule has 4 heteroatoms. The topological polar surface area (TPSA) is 42.9 Å². The van der Waals surface area contributed by atoms with Crippen LogP contribution in [0.25, 0.3) is 10.9 Å². The number of aromatic nitrogens is 2. The molecule has 0 radical (unpaired) electrons. The van der Waals surface area contributed by atoms with Gasteiger partial charge in [-0.2, -0.15) is 0 Å². The van der Waals surface area contributed by atoms with Gasteiger partial charge in [-0.1, -0.05) is 0 Å². The van der Waals surface area contributed by atoms with E-state index >= 15 is 0 Å². The molecule has 2 aromatic heterocycles. The largest absolute Gasteiger partial charge is 0.274 e. The van der Waals surface area contributed by atoms with Crippen LogP contribution in [-0.2, 0) is 0 Å². The lowest BCUT2D eigenvalue weighted by Gasteiger charge is -1.98. The van der Waals surface area contributed by atoms with Crippen molar-refractivity contribution < 1.29 is 4.79 Å². The molecule has 0 bridgehead atoms. The Morgan fingerprint density at radius 2 is 2.08 bits per heavy atom. The predicted octanol–water partition coefficient (Wildman–Crippen LogP) is 2.01. The van der Waals surface area contributed by atoms with Crippen LogP contribution in [0.2, 0.25) is 0 Å². The maximum Gasteiger partial charge on any atom is 0.271 e. The first kappa shape index (κ1) is 8.13. The predicted molar refractivity (Wildman–Crippen MR) is 49.7 cm³/mol. The minimum absolute atomic E-state index is 0.257. The van der Waals surface area contributed by atoms with Gasteiger partial charge in [-0.25, -0.2) is 0 Å². The summed E-state index contributed by atoms with van der Waals surface area (Å²) in [6, 6.07) is 5.25. The van der Waals surface area contributed by atoms with E-state index in [1.165, 1.54) is 6.20 Å². The SMILES string of the molecule is O=C(Cl)c1nccc2ncccc12. The molecule has 0 aliphatic heterocycles. The van der Waals surface area contributed by atoms with E-state index in [1.54, 1.807) is 24.4 Å². The van der Waals surface area contributed by atoms with Crippen molar-refractivity contribution in [1.82, 2.24) is 9.97 Å². The molecule has 0 saturated carbocycles. The molecule has 0 aliphatic rings. The Labute approximate surface area is 79.4 Å². The van der Waals surface area contributed by atoms with Gasteiger partial charge in [0.2, 0.25) is 0 Å². The first-order valence-corrected chi connectivity index (χ1v) is 4.06. The number of halogens is 1. The van der Waals surface area contributed by atoms with Crippen LogP contribution in [0, 0.1) is 0 Å². The quantitative estimate of drug-likeness (QED) is 0.650. The number of pyridine rings is 2. The zero-order valence-electron chi connectivity index (χ0n) is 6.57. The van der Waals surface area contributed by atoms with Gasteiger partial charge in [0.05, 0.1) is 5.52 Å². The maximum atomic E-state index is 10.9. The fraction of sp³-hybridized carbons (Fsp3) is 0. The van der Waals surface area contributed by atoms with Gasteiger partial charge in [0.25, 0.3) is 5.24 Å². The highest BCUT2D eigenvalue weighted by atomic mass is 35.5. The van der Waals surface area contributed by atoms with E-state index in [4.69, 9.17) is 11.6 Å². The number of hydrogen-bond donors (Lipinski definition) is 0. The summed E-state index contributed by atoms with van der Waals surface area (Å²) in [7, 11) is 0. The third kappa shape index (κ3) is 1.38. The van der Waals surface area contributed by atoms with E-state index in [1.807, 2.05) is 0 Å². The van der Waals surface area contributed by atoms with Crippen molar-refractivity contribution >= 4 is 27.7 Å². The van der Waals surface area contributed by atoms with Crippen LogP contribution in [0.1, 0.15) is 10.5 Å². The molecule has 0 unspecified atom stereocenters. The van der Waals surface area contributed by atoms with Crippen LogP contribution < -0.4 is 0 Å². The van der Waals surface area contributed by atoms with Crippen LogP contribution in [-0.4, -0.2) is 15.2 Å². The molecule has 0 atom stereocenters. The molecule has 0 saturated heterocycles. The van der Waals surface area contributed by atoms with Gasteiger partial charge in [-0.05, 0) is 29.8 Å². The lowest BCUT2D eigenvalue weighted by Crippen LogP contribution is -1.95. The van der Waals surface area contributed by atoms with E-state index in [-0.39, 0.29) is 5.69 Å². The van der Waals surface area contributed by atoms with E-state index < -0.39 is 5.24 Å². The standard InChI is InChI=1S/C9H5ClN2O/c10-9(13)8-6-2-1-4-11-7(6)3-5-12-8/h1-5H.